The normalized spacial score (nSPS) is 24.3. The van der Waals surface area contributed by atoms with Crippen LogP contribution in [0.25, 0.3) is 0 Å². The fraction of sp³-hybridized carbons (Fsp3) is 0.667. The number of benzene rings is 1. The fourth-order valence-electron chi connectivity index (χ4n) is 3.69. The summed E-state index contributed by atoms with van der Waals surface area (Å²) in [4.78, 5) is 0. The van der Waals surface area contributed by atoms with E-state index >= 15 is 0 Å². The molecule has 0 heteroatoms. The molecule has 0 amide bonds. The Kier molecular flexibility index (Phi) is 3.84. The van der Waals surface area contributed by atoms with Crippen molar-refractivity contribution in [2.45, 2.75) is 73.1 Å². The van der Waals surface area contributed by atoms with Crippen molar-refractivity contribution in [3.8, 4) is 0 Å². The van der Waals surface area contributed by atoms with Gasteiger partial charge in [0.05, 0.1) is 0 Å². The smallest absolute Gasteiger partial charge is 0.0156 e. The molecule has 0 spiro atoms. The molecule has 18 heavy (non-hydrogen) atoms. The quantitative estimate of drug-likeness (QED) is 0.610. The van der Waals surface area contributed by atoms with Crippen LogP contribution in [0.2, 0.25) is 0 Å². The molecule has 1 aromatic rings. The highest BCUT2D eigenvalue weighted by Gasteiger charge is 2.24. The zero-order chi connectivity index (χ0) is 13.4. The number of hydrogen-bond acceptors (Lipinski definition) is 0. The lowest BCUT2D eigenvalue weighted by molar-refractivity contribution is 0.346. The highest BCUT2D eigenvalue weighted by molar-refractivity contribution is 5.50. The minimum absolute atomic E-state index is 0.819. The van der Waals surface area contributed by atoms with Crippen molar-refractivity contribution >= 4 is 0 Å². The van der Waals surface area contributed by atoms with E-state index in [-0.39, 0.29) is 0 Å². The second-order valence-corrected chi connectivity index (χ2v) is 6.50. The molecule has 0 N–H and O–H groups in total. The van der Waals surface area contributed by atoms with E-state index in [4.69, 9.17) is 0 Å². The Bertz CT molecular complexity index is 417. The van der Waals surface area contributed by atoms with E-state index in [9.17, 15) is 0 Å². The van der Waals surface area contributed by atoms with Crippen LogP contribution in [0.1, 0.15) is 71.9 Å². The Morgan fingerprint density at radius 2 is 1.00 bits per heavy atom. The van der Waals surface area contributed by atoms with Crippen LogP contribution >= 0.6 is 0 Å². The molecule has 1 aromatic carbocycles. The van der Waals surface area contributed by atoms with Gasteiger partial charge in [-0.1, -0.05) is 19.8 Å². The molecule has 1 fully saturated rings. The molecule has 2 rings (SSSR count). The summed E-state index contributed by atoms with van der Waals surface area (Å²) in [7, 11) is 0. The first-order valence-electron chi connectivity index (χ1n) is 7.50. The van der Waals surface area contributed by atoms with E-state index in [1.807, 2.05) is 0 Å². The van der Waals surface area contributed by atoms with E-state index in [1.165, 1.54) is 42.4 Å². The zero-order valence-corrected chi connectivity index (χ0v) is 13.0. The molecule has 0 unspecified atom stereocenters. The lowest BCUT2D eigenvalue weighted by Gasteiger charge is -2.31. The van der Waals surface area contributed by atoms with Crippen LogP contribution in [0.5, 0.6) is 0 Å². The maximum Gasteiger partial charge on any atom is -0.0156 e. The van der Waals surface area contributed by atoms with Crippen molar-refractivity contribution in [3.63, 3.8) is 0 Å². The molecule has 0 aliphatic heterocycles. The van der Waals surface area contributed by atoms with Crippen LogP contribution in [-0.4, -0.2) is 0 Å². The summed E-state index contributed by atoms with van der Waals surface area (Å²) < 4.78 is 0. The number of rotatable bonds is 1. The molecule has 1 saturated carbocycles. The summed E-state index contributed by atoms with van der Waals surface area (Å²) in [6.45, 7) is 13.9. The highest BCUT2D eigenvalue weighted by Crippen LogP contribution is 2.40. The fourth-order valence-corrected chi connectivity index (χ4v) is 3.69. The van der Waals surface area contributed by atoms with Gasteiger partial charge in [0.15, 0.2) is 0 Å². The van der Waals surface area contributed by atoms with E-state index in [1.54, 1.807) is 16.7 Å². The maximum atomic E-state index is 2.40. The standard InChI is InChI=1S/C18H28/c1-11-7-9-17(10-8-11)18-15(5)13(3)12(2)14(4)16(18)6/h11,17H,7-10H2,1-6H3. The Balaban J connectivity index is 2.45. The topological polar surface area (TPSA) is 0 Å². The molecule has 0 bridgehead atoms. The van der Waals surface area contributed by atoms with Crippen molar-refractivity contribution in [1.29, 1.82) is 0 Å². The molecule has 0 nitrogen and oxygen atoms in total. The first-order valence-corrected chi connectivity index (χ1v) is 7.50. The van der Waals surface area contributed by atoms with Gasteiger partial charge in [0.1, 0.15) is 0 Å². The van der Waals surface area contributed by atoms with Crippen molar-refractivity contribution in [3.05, 3.63) is 33.4 Å². The summed E-state index contributed by atoms with van der Waals surface area (Å²) >= 11 is 0. The van der Waals surface area contributed by atoms with Gasteiger partial charge in [0.25, 0.3) is 0 Å². The van der Waals surface area contributed by atoms with Gasteiger partial charge < -0.3 is 0 Å². The monoisotopic (exact) mass is 244 g/mol. The van der Waals surface area contributed by atoms with Gasteiger partial charge in [-0.25, -0.2) is 0 Å². The lowest BCUT2D eigenvalue weighted by Crippen LogP contribution is -2.14. The van der Waals surface area contributed by atoms with E-state index in [2.05, 4.69) is 41.5 Å². The third-order valence-corrected chi connectivity index (χ3v) is 5.48. The van der Waals surface area contributed by atoms with Crippen molar-refractivity contribution in [1.82, 2.24) is 0 Å². The first-order chi connectivity index (χ1) is 8.43. The average molecular weight is 244 g/mol. The number of hydrogen-bond donors (Lipinski definition) is 0. The van der Waals surface area contributed by atoms with Crippen molar-refractivity contribution in [2.75, 3.05) is 0 Å². The van der Waals surface area contributed by atoms with E-state index in [0.29, 0.717) is 0 Å². The summed E-state index contributed by atoms with van der Waals surface area (Å²) in [6, 6.07) is 0. The lowest BCUT2D eigenvalue weighted by atomic mass is 9.75. The first kappa shape index (κ1) is 13.6. The molecule has 1 aliphatic rings. The maximum absolute atomic E-state index is 2.40. The Labute approximate surface area is 113 Å². The van der Waals surface area contributed by atoms with Gasteiger partial charge >= 0.3 is 0 Å². The molecule has 0 saturated heterocycles. The van der Waals surface area contributed by atoms with Crippen LogP contribution in [0.3, 0.4) is 0 Å². The van der Waals surface area contributed by atoms with Gasteiger partial charge in [0.2, 0.25) is 0 Å². The molecular weight excluding hydrogens is 216 g/mol. The van der Waals surface area contributed by atoms with Crippen LogP contribution in [0.4, 0.5) is 0 Å². The van der Waals surface area contributed by atoms with Crippen molar-refractivity contribution < 1.29 is 0 Å². The zero-order valence-electron chi connectivity index (χ0n) is 13.0. The van der Waals surface area contributed by atoms with Gasteiger partial charge in [0, 0.05) is 0 Å². The SMILES string of the molecule is Cc1c(C)c(C)c(C2CCC(C)CC2)c(C)c1C. The second kappa shape index (κ2) is 5.07. The minimum atomic E-state index is 0.819. The average Bonchev–Trinajstić information content (AvgIpc) is 2.36. The largest absolute Gasteiger partial charge is 0.0625 e. The Morgan fingerprint density at radius 3 is 1.44 bits per heavy atom. The van der Waals surface area contributed by atoms with Gasteiger partial charge in [-0.05, 0) is 92.7 Å². The molecule has 0 heterocycles. The third kappa shape index (κ3) is 2.22. The predicted molar refractivity (Wildman–Crippen MR) is 80.5 cm³/mol. The summed E-state index contributed by atoms with van der Waals surface area (Å²) in [6.07, 6.45) is 5.61. The Hall–Kier alpha value is -0.780. The summed E-state index contributed by atoms with van der Waals surface area (Å²) in [5.74, 6) is 1.76. The van der Waals surface area contributed by atoms with E-state index in [0.717, 1.165) is 11.8 Å². The van der Waals surface area contributed by atoms with Gasteiger partial charge in [-0.2, -0.15) is 0 Å². The molecule has 100 valence electrons. The molecule has 0 atom stereocenters. The molecule has 0 aromatic heterocycles. The molecular formula is C18H28. The third-order valence-electron chi connectivity index (χ3n) is 5.48. The van der Waals surface area contributed by atoms with Crippen LogP contribution in [-0.2, 0) is 0 Å². The highest BCUT2D eigenvalue weighted by atomic mass is 14.3. The summed E-state index contributed by atoms with van der Waals surface area (Å²) in [5.41, 5.74) is 9.35. The summed E-state index contributed by atoms with van der Waals surface area (Å²) in [5, 5.41) is 0. The molecule has 0 radical (unpaired) electrons. The Morgan fingerprint density at radius 1 is 0.611 bits per heavy atom. The van der Waals surface area contributed by atoms with Gasteiger partial charge in [-0.15, -0.1) is 0 Å². The van der Waals surface area contributed by atoms with Crippen LogP contribution in [0, 0.1) is 40.5 Å². The van der Waals surface area contributed by atoms with Crippen molar-refractivity contribution in [2.24, 2.45) is 5.92 Å². The molecule has 1 aliphatic carbocycles. The second-order valence-electron chi connectivity index (χ2n) is 6.50. The van der Waals surface area contributed by atoms with E-state index < -0.39 is 0 Å². The predicted octanol–water partition coefficient (Wildman–Crippen LogP) is 5.52. The van der Waals surface area contributed by atoms with Gasteiger partial charge in [-0.3, -0.25) is 0 Å². The minimum Gasteiger partial charge on any atom is -0.0625 e. The van der Waals surface area contributed by atoms with Crippen LogP contribution < -0.4 is 0 Å². The van der Waals surface area contributed by atoms with Crippen LogP contribution in [0.15, 0.2) is 0 Å².